The lowest BCUT2D eigenvalue weighted by molar-refractivity contribution is -0.147. The van der Waals surface area contributed by atoms with E-state index in [4.69, 9.17) is 4.74 Å². The largest absolute Gasteiger partial charge is 0.462 e. The molecular formula is C14H26N2O3. The highest BCUT2D eigenvalue weighted by Crippen LogP contribution is 2.11. The zero-order valence-corrected chi connectivity index (χ0v) is 11.9. The number of amides is 1. The lowest BCUT2D eigenvalue weighted by Crippen LogP contribution is -2.37. The Morgan fingerprint density at radius 2 is 1.74 bits per heavy atom. The van der Waals surface area contributed by atoms with E-state index in [9.17, 15) is 9.59 Å². The first-order valence-corrected chi connectivity index (χ1v) is 7.35. The van der Waals surface area contributed by atoms with E-state index in [-0.39, 0.29) is 24.5 Å². The van der Waals surface area contributed by atoms with Gasteiger partial charge >= 0.3 is 5.97 Å². The van der Waals surface area contributed by atoms with E-state index in [2.05, 4.69) is 10.6 Å². The van der Waals surface area contributed by atoms with E-state index < -0.39 is 0 Å². The van der Waals surface area contributed by atoms with E-state index in [1.165, 1.54) is 19.3 Å². The maximum absolute atomic E-state index is 11.5. The Kier molecular flexibility index (Phi) is 8.21. The molecule has 0 spiro atoms. The van der Waals surface area contributed by atoms with Crippen molar-refractivity contribution in [2.24, 2.45) is 0 Å². The number of cyclic esters (lactones) is 1. The fourth-order valence-electron chi connectivity index (χ4n) is 2.16. The summed E-state index contributed by atoms with van der Waals surface area (Å²) in [6.45, 7) is 2.40. The third-order valence-electron chi connectivity index (χ3n) is 3.28. The van der Waals surface area contributed by atoms with E-state index in [1.807, 2.05) is 6.92 Å². The van der Waals surface area contributed by atoms with Gasteiger partial charge in [-0.05, 0) is 26.2 Å². The highest BCUT2D eigenvalue weighted by Gasteiger charge is 2.09. The minimum Gasteiger partial charge on any atom is -0.462 e. The Morgan fingerprint density at radius 3 is 2.53 bits per heavy atom. The zero-order valence-electron chi connectivity index (χ0n) is 11.9. The first-order chi connectivity index (χ1) is 9.18. The van der Waals surface area contributed by atoms with Crippen LogP contribution in [0.1, 0.15) is 58.3 Å². The second kappa shape index (κ2) is 9.78. The second-order valence-corrected chi connectivity index (χ2v) is 5.16. The smallest absolute Gasteiger partial charge is 0.320 e. The summed E-state index contributed by atoms with van der Waals surface area (Å²) in [6.07, 6.45) is 8.20. The summed E-state index contributed by atoms with van der Waals surface area (Å²) in [5.74, 6) is -0.213. The van der Waals surface area contributed by atoms with Crippen LogP contribution in [0.2, 0.25) is 0 Å². The monoisotopic (exact) mass is 270 g/mol. The van der Waals surface area contributed by atoms with Crippen LogP contribution in [-0.2, 0) is 14.3 Å². The van der Waals surface area contributed by atoms with Gasteiger partial charge in [0, 0.05) is 6.42 Å². The number of esters is 1. The molecule has 0 saturated carbocycles. The van der Waals surface area contributed by atoms with Gasteiger partial charge in [0.1, 0.15) is 0 Å². The van der Waals surface area contributed by atoms with E-state index in [0.717, 1.165) is 25.7 Å². The van der Waals surface area contributed by atoms with Crippen LogP contribution in [0.25, 0.3) is 0 Å². The van der Waals surface area contributed by atoms with Crippen molar-refractivity contribution in [1.82, 2.24) is 10.6 Å². The molecule has 1 heterocycles. The van der Waals surface area contributed by atoms with Crippen molar-refractivity contribution < 1.29 is 14.3 Å². The summed E-state index contributed by atoms with van der Waals surface area (Å²) in [7, 11) is 0. The first-order valence-electron chi connectivity index (χ1n) is 7.35. The molecule has 1 saturated heterocycles. The van der Waals surface area contributed by atoms with Crippen molar-refractivity contribution in [2.75, 3.05) is 13.2 Å². The van der Waals surface area contributed by atoms with E-state index in [0.29, 0.717) is 13.1 Å². The molecule has 0 aromatic carbocycles. The molecule has 1 aliphatic rings. The molecule has 2 N–H and O–H groups in total. The van der Waals surface area contributed by atoms with Gasteiger partial charge in [0.25, 0.3) is 0 Å². The fraction of sp³-hybridized carbons (Fsp3) is 0.857. The van der Waals surface area contributed by atoms with Gasteiger partial charge in [-0.25, -0.2) is 0 Å². The molecule has 1 rings (SSSR count). The molecule has 110 valence electrons. The van der Waals surface area contributed by atoms with Gasteiger partial charge in [0.15, 0.2) is 0 Å². The van der Waals surface area contributed by atoms with Crippen molar-refractivity contribution >= 4 is 11.9 Å². The average Bonchev–Trinajstić information content (AvgIpc) is 2.36. The summed E-state index contributed by atoms with van der Waals surface area (Å²) in [5, 5.41) is 5.60. The third kappa shape index (κ3) is 8.59. The molecule has 0 bridgehead atoms. The second-order valence-electron chi connectivity index (χ2n) is 5.16. The SMILES string of the molecule is CC1CCCCCCCCC(=O)NCNCC(=O)O1. The van der Waals surface area contributed by atoms with Gasteiger partial charge in [-0.3, -0.25) is 14.9 Å². The van der Waals surface area contributed by atoms with Gasteiger partial charge in [-0.2, -0.15) is 0 Å². The molecule has 0 aromatic rings. The predicted octanol–water partition coefficient (Wildman–Crippen LogP) is 1.72. The molecule has 1 amide bonds. The van der Waals surface area contributed by atoms with Crippen LogP contribution in [0.15, 0.2) is 0 Å². The highest BCUT2D eigenvalue weighted by molar-refractivity contribution is 5.76. The number of hydrogen-bond acceptors (Lipinski definition) is 4. The number of ether oxygens (including phenoxy) is 1. The molecule has 5 nitrogen and oxygen atoms in total. The van der Waals surface area contributed by atoms with Crippen molar-refractivity contribution in [3.8, 4) is 0 Å². The van der Waals surface area contributed by atoms with E-state index >= 15 is 0 Å². The quantitative estimate of drug-likeness (QED) is 0.658. The Balaban J connectivity index is 2.31. The Bertz CT molecular complexity index is 282. The minimum atomic E-state index is -0.256. The van der Waals surface area contributed by atoms with Gasteiger partial charge in [0.2, 0.25) is 5.91 Å². The topological polar surface area (TPSA) is 67.4 Å². The Hall–Kier alpha value is -1.10. The molecule has 0 radical (unpaired) electrons. The molecular weight excluding hydrogens is 244 g/mol. The van der Waals surface area contributed by atoms with Crippen LogP contribution in [0.3, 0.4) is 0 Å². The fourth-order valence-corrected chi connectivity index (χ4v) is 2.16. The number of nitrogens with one attached hydrogen (secondary N) is 2. The highest BCUT2D eigenvalue weighted by atomic mass is 16.5. The summed E-state index contributed by atoms with van der Waals surface area (Å²) < 4.78 is 5.26. The van der Waals surface area contributed by atoms with E-state index in [1.54, 1.807) is 0 Å². The van der Waals surface area contributed by atoms with Crippen molar-refractivity contribution in [3.05, 3.63) is 0 Å². The van der Waals surface area contributed by atoms with Crippen LogP contribution in [0.5, 0.6) is 0 Å². The van der Waals surface area contributed by atoms with Crippen LogP contribution in [0, 0.1) is 0 Å². The summed E-state index contributed by atoms with van der Waals surface area (Å²) >= 11 is 0. The van der Waals surface area contributed by atoms with Crippen LogP contribution >= 0.6 is 0 Å². The molecule has 19 heavy (non-hydrogen) atoms. The first kappa shape index (κ1) is 16.0. The lowest BCUT2D eigenvalue weighted by Gasteiger charge is -2.14. The van der Waals surface area contributed by atoms with Crippen LogP contribution < -0.4 is 10.6 Å². The lowest BCUT2D eigenvalue weighted by atomic mass is 10.1. The minimum absolute atomic E-state index is 0.0169. The van der Waals surface area contributed by atoms with Gasteiger partial charge in [-0.1, -0.05) is 25.7 Å². The summed E-state index contributed by atoms with van der Waals surface area (Å²) in [4.78, 5) is 22.9. The molecule has 0 aliphatic carbocycles. The van der Waals surface area contributed by atoms with Gasteiger partial charge < -0.3 is 10.1 Å². The van der Waals surface area contributed by atoms with Crippen molar-refractivity contribution in [1.29, 1.82) is 0 Å². The summed E-state index contributed by atoms with van der Waals surface area (Å²) in [6, 6.07) is 0. The number of rotatable bonds is 0. The molecule has 1 fully saturated rings. The standard InChI is InChI=1S/C14H26N2O3/c1-12-8-6-4-2-3-5-7-9-13(17)16-11-15-10-14(18)19-12/h12,15H,2-11H2,1H3,(H,16,17). The number of hydrogen-bond donors (Lipinski definition) is 2. The zero-order chi connectivity index (χ0) is 13.9. The third-order valence-corrected chi connectivity index (χ3v) is 3.28. The van der Waals surface area contributed by atoms with Crippen LogP contribution in [-0.4, -0.2) is 31.2 Å². The van der Waals surface area contributed by atoms with Gasteiger partial charge in [-0.15, -0.1) is 0 Å². The molecule has 0 aromatic heterocycles. The maximum atomic E-state index is 11.5. The van der Waals surface area contributed by atoms with Crippen molar-refractivity contribution in [3.63, 3.8) is 0 Å². The molecule has 1 aliphatic heterocycles. The molecule has 5 heteroatoms. The van der Waals surface area contributed by atoms with Gasteiger partial charge in [0.05, 0.1) is 19.3 Å². The van der Waals surface area contributed by atoms with Crippen LogP contribution in [0.4, 0.5) is 0 Å². The summed E-state index contributed by atoms with van der Waals surface area (Å²) in [5.41, 5.74) is 0. The number of carbonyl (C=O) groups is 2. The maximum Gasteiger partial charge on any atom is 0.320 e. The molecule has 1 atom stereocenters. The van der Waals surface area contributed by atoms with Crippen molar-refractivity contribution in [2.45, 2.75) is 64.4 Å². The Labute approximate surface area is 115 Å². The average molecular weight is 270 g/mol. The Morgan fingerprint density at radius 1 is 1.05 bits per heavy atom. The normalized spacial score (nSPS) is 25.4. The number of carbonyl (C=O) groups excluding carboxylic acids is 2. The molecule has 1 unspecified atom stereocenters. The predicted molar refractivity (Wildman–Crippen MR) is 73.5 cm³/mol.